The van der Waals surface area contributed by atoms with E-state index in [2.05, 4.69) is 22.1 Å². The van der Waals surface area contributed by atoms with Crippen molar-refractivity contribution in [3.63, 3.8) is 0 Å². The smallest absolute Gasteiger partial charge is 0.234 e. The largest absolute Gasteiger partial charge is 0.373 e. The van der Waals surface area contributed by atoms with Crippen molar-refractivity contribution in [3.05, 3.63) is 43.0 Å². The summed E-state index contributed by atoms with van der Waals surface area (Å²) in [6.07, 6.45) is 1.73. The maximum absolute atomic E-state index is 11.4. The predicted molar refractivity (Wildman–Crippen MR) is 75.8 cm³/mol. The highest BCUT2D eigenvalue weighted by atomic mass is 16.1. The van der Waals surface area contributed by atoms with Crippen molar-refractivity contribution in [1.29, 1.82) is 0 Å². The van der Waals surface area contributed by atoms with E-state index in [1.54, 1.807) is 6.08 Å². The molecule has 0 aliphatic rings. The molecule has 18 heavy (non-hydrogen) atoms. The van der Waals surface area contributed by atoms with Crippen LogP contribution in [-0.4, -0.2) is 39.1 Å². The van der Waals surface area contributed by atoms with Gasteiger partial charge in [0.05, 0.1) is 6.54 Å². The molecule has 0 radical (unpaired) electrons. The van der Waals surface area contributed by atoms with Gasteiger partial charge in [-0.15, -0.1) is 6.58 Å². The van der Waals surface area contributed by atoms with Crippen molar-refractivity contribution < 1.29 is 4.79 Å². The second kappa shape index (κ2) is 8.31. The van der Waals surface area contributed by atoms with Crippen molar-refractivity contribution >= 4 is 11.6 Å². The highest BCUT2D eigenvalue weighted by Crippen LogP contribution is 2.09. The van der Waals surface area contributed by atoms with E-state index in [-0.39, 0.29) is 5.91 Å². The summed E-state index contributed by atoms with van der Waals surface area (Å²) in [4.78, 5) is 13.5. The summed E-state index contributed by atoms with van der Waals surface area (Å²) in [6.45, 7) is 5.99. The molecule has 2 N–H and O–H groups in total. The maximum atomic E-state index is 11.4. The number of hydrogen-bond donors (Lipinski definition) is 2. The van der Waals surface area contributed by atoms with Crippen LogP contribution in [0, 0.1) is 0 Å². The second-order valence-electron chi connectivity index (χ2n) is 4.03. The molecule has 0 aromatic heterocycles. The molecular formula is C14H21N3O. The minimum atomic E-state index is 0.0123. The topological polar surface area (TPSA) is 44.4 Å². The van der Waals surface area contributed by atoms with Gasteiger partial charge in [-0.3, -0.25) is 4.79 Å². The Hall–Kier alpha value is -1.81. The number of carbonyl (C=O) groups is 1. The maximum Gasteiger partial charge on any atom is 0.234 e. The molecule has 0 spiro atoms. The fourth-order valence-electron chi connectivity index (χ4n) is 1.52. The van der Waals surface area contributed by atoms with Crippen molar-refractivity contribution in [2.24, 2.45) is 0 Å². The number of benzene rings is 1. The zero-order valence-corrected chi connectivity index (χ0v) is 10.9. The number of likely N-dealkylation sites (N-methyl/N-ethyl adjacent to an activating group) is 1. The predicted octanol–water partition coefficient (Wildman–Crippen LogP) is 1.01. The summed E-state index contributed by atoms with van der Waals surface area (Å²) in [6, 6.07) is 10.1. The Morgan fingerprint density at radius 3 is 2.78 bits per heavy atom. The summed E-state index contributed by atoms with van der Waals surface area (Å²) in [5, 5.41) is 5.83. The number of amides is 1. The molecule has 0 saturated carbocycles. The van der Waals surface area contributed by atoms with Crippen LogP contribution in [0.15, 0.2) is 43.0 Å². The Morgan fingerprint density at radius 2 is 2.11 bits per heavy atom. The van der Waals surface area contributed by atoms with Gasteiger partial charge in [-0.1, -0.05) is 24.3 Å². The van der Waals surface area contributed by atoms with Gasteiger partial charge in [-0.25, -0.2) is 0 Å². The lowest BCUT2D eigenvalue weighted by molar-refractivity contribution is -0.120. The van der Waals surface area contributed by atoms with Gasteiger partial charge in [-0.05, 0) is 12.1 Å². The number of rotatable bonds is 8. The van der Waals surface area contributed by atoms with Crippen LogP contribution in [0.25, 0.3) is 0 Å². The van der Waals surface area contributed by atoms with E-state index in [9.17, 15) is 4.79 Å². The average Bonchev–Trinajstić information content (AvgIpc) is 2.40. The van der Waals surface area contributed by atoms with E-state index < -0.39 is 0 Å². The highest BCUT2D eigenvalue weighted by molar-refractivity contribution is 5.78. The lowest BCUT2D eigenvalue weighted by Gasteiger charge is -2.19. The summed E-state index contributed by atoms with van der Waals surface area (Å²) < 4.78 is 0. The minimum Gasteiger partial charge on any atom is -0.373 e. The fourth-order valence-corrected chi connectivity index (χ4v) is 1.52. The molecule has 1 rings (SSSR count). The Labute approximate surface area is 109 Å². The molecular weight excluding hydrogens is 226 g/mol. The zero-order valence-electron chi connectivity index (χ0n) is 10.9. The third kappa shape index (κ3) is 5.50. The summed E-state index contributed by atoms with van der Waals surface area (Å²) in [7, 11) is 2.01. The van der Waals surface area contributed by atoms with Crippen molar-refractivity contribution in [2.45, 2.75) is 0 Å². The standard InChI is InChI=1S/C14H21N3O/c1-3-9-15-12-14(18)16-10-11-17(2)13-7-5-4-6-8-13/h3-8,15H,1,9-12H2,2H3,(H,16,18). The molecule has 0 saturated heterocycles. The lowest BCUT2D eigenvalue weighted by atomic mass is 10.3. The van der Waals surface area contributed by atoms with Crippen molar-refractivity contribution in [2.75, 3.05) is 38.1 Å². The van der Waals surface area contributed by atoms with Crippen LogP contribution in [0.1, 0.15) is 0 Å². The Bertz CT molecular complexity index is 365. The molecule has 0 atom stereocenters. The summed E-state index contributed by atoms with van der Waals surface area (Å²) in [5.41, 5.74) is 1.15. The van der Waals surface area contributed by atoms with E-state index in [0.717, 1.165) is 12.2 Å². The normalized spacial score (nSPS) is 9.83. The SMILES string of the molecule is C=CCNCC(=O)NCCN(C)c1ccccc1. The van der Waals surface area contributed by atoms with Gasteiger partial charge in [0.15, 0.2) is 0 Å². The number of para-hydroxylation sites is 1. The summed E-state index contributed by atoms with van der Waals surface area (Å²) in [5.74, 6) is 0.0123. The monoisotopic (exact) mass is 247 g/mol. The zero-order chi connectivity index (χ0) is 13.2. The Balaban J connectivity index is 2.17. The van der Waals surface area contributed by atoms with Gasteiger partial charge < -0.3 is 15.5 Å². The number of anilines is 1. The molecule has 0 unspecified atom stereocenters. The molecule has 0 aliphatic heterocycles. The van der Waals surface area contributed by atoms with E-state index in [1.165, 1.54) is 0 Å². The van der Waals surface area contributed by atoms with Crippen LogP contribution in [0.2, 0.25) is 0 Å². The minimum absolute atomic E-state index is 0.0123. The quantitative estimate of drug-likeness (QED) is 0.532. The molecule has 0 bridgehead atoms. The molecule has 1 aromatic rings. The molecule has 4 nitrogen and oxygen atoms in total. The first-order chi connectivity index (χ1) is 8.74. The van der Waals surface area contributed by atoms with E-state index in [4.69, 9.17) is 0 Å². The molecule has 4 heteroatoms. The third-order valence-electron chi connectivity index (χ3n) is 2.54. The number of nitrogens with zero attached hydrogens (tertiary/aromatic N) is 1. The number of hydrogen-bond acceptors (Lipinski definition) is 3. The second-order valence-corrected chi connectivity index (χ2v) is 4.03. The molecule has 0 heterocycles. The highest BCUT2D eigenvalue weighted by Gasteiger charge is 2.01. The van der Waals surface area contributed by atoms with Gasteiger partial charge in [0, 0.05) is 32.4 Å². The van der Waals surface area contributed by atoms with E-state index >= 15 is 0 Å². The average molecular weight is 247 g/mol. The van der Waals surface area contributed by atoms with Gasteiger partial charge in [0.1, 0.15) is 0 Å². The molecule has 1 aromatic carbocycles. The molecule has 0 aliphatic carbocycles. The third-order valence-corrected chi connectivity index (χ3v) is 2.54. The fraction of sp³-hybridized carbons (Fsp3) is 0.357. The number of carbonyl (C=O) groups excluding carboxylic acids is 1. The van der Waals surface area contributed by atoms with Crippen LogP contribution in [0.4, 0.5) is 5.69 Å². The van der Waals surface area contributed by atoms with Crippen molar-refractivity contribution in [1.82, 2.24) is 10.6 Å². The van der Waals surface area contributed by atoms with Crippen LogP contribution in [0.3, 0.4) is 0 Å². The summed E-state index contributed by atoms with van der Waals surface area (Å²) >= 11 is 0. The van der Waals surface area contributed by atoms with Crippen LogP contribution >= 0.6 is 0 Å². The van der Waals surface area contributed by atoms with Crippen LogP contribution in [-0.2, 0) is 4.79 Å². The van der Waals surface area contributed by atoms with E-state index in [0.29, 0.717) is 19.6 Å². The van der Waals surface area contributed by atoms with Gasteiger partial charge in [0.2, 0.25) is 5.91 Å². The van der Waals surface area contributed by atoms with Gasteiger partial charge in [-0.2, -0.15) is 0 Å². The lowest BCUT2D eigenvalue weighted by Crippen LogP contribution is -2.38. The van der Waals surface area contributed by atoms with Crippen LogP contribution in [0.5, 0.6) is 0 Å². The first kappa shape index (κ1) is 14.3. The van der Waals surface area contributed by atoms with Crippen molar-refractivity contribution in [3.8, 4) is 0 Å². The van der Waals surface area contributed by atoms with E-state index in [1.807, 2.05) is 37.4 Å². The first-order valence-electron chi connectivity index (χ1n) is 6.08. The first-order valence-corrected chi connectivity index (χ1v) is 6.08. The van der Waals surface area contributed by atoms with Gasteiger partial charge >= 0.3 is 0 Å². The van der Waals surface area contributed by atoms with Gasteiger partial charge in [0.25, 0.3) is 0 Å². The number of nitrogens with one attached hydrogen (secondary N) is 2. The van der Waals surface area contributed by atoms with Crippen LogP contribution < -0.4 is 15.5 Å². The Morgan fingerprint density at radius 1 is 1.39 bits per heavy atom. The molecule has 98 valence electrons. The molecule has 1 amide bonds. The Kier molecular flexibility index (Phi) is 6.58. The molecule has 0 fully saturated rings.